The van der Waals surface area contributed by atoms with E-state index >= 15 is 0 Å². The quantitative estimate of drug-likeness (QED) is 0.862. The van der Waals surface area contributed by atoms with Gasteiger partial charge in [0.2, 0.25) is 5.91 Å². The highest BCUT2D eigenvalue weighted by Crippen LogP contribution is 2.29. The van der Waals surface area contributed by atoms with Crippen LogP contribution in [0, 0.1) is 12.3 Å². The van der Waals surface area contributed by atoms with Crippen LogP contribution in [0.1, 0.15) is 12.5 Å². The van der Waals surface area contributed by atoms with Crippen molar-refractivity contribution in [2.75, 3.05) is 18.5 Å². The second-order valence-corrected chi connectivity index (χ2v) is 5.36. The van der Waals surface area contributed by atoms with Crippen LogP contribution in [0.3, 0.4) is 0 Å². The van der Waals surface area contributed by atoms with Gasteiger partial charge >= 0.3 is 0 Å². The van der Waals surface area contributed by atoms with Gasteiger partial charge in [0.05, 0.1) is 18.6 Å². The fraction of sp³-hybridized carbons (Fsp3) is 0.462. The molecule has 1 aromatic carbocycles. The molecule has 1 aliphatic heterocycles. The van der Waals surface area contributed by atoms with Gasteiger partial charge in [-0.3, -0.25) is 4.79 Å². The van der Waals surface area contributed by atoms with E-state index in [0.717, 1.165) is 5.56 Å². The molecule has 3 N–H and O–H groups in total. The Morgan fingerprint density at radius 1 is 1.61 bits per heavy atom. The number of halogens is 1. The Balaban J connectivity index is 2.14. The van der Waals surface area contributed by atoms with Crippen molar-refractivity contribution < 1.29 is 9.53 Å². The van der Waals surface area contributed by atoms with Crippen molar-refractivity contribution in [2.24, 2.45) is 11.1 Å². The molecule has 0 radical (unpaired) electrons. The van der Waals surface area contributed by atoms with Gasteiger partial charge in [-0.1, -0.05) is 17.7 Å². The third-order valence-corrected chi connectivity index (χ3v) is 3.87. The summed E-state index contributed by atoms with van der Waals surface area (Å²) in [6.45, 7) is 4.49. The largest absolute Gasteiger partial charge is 0.379 e. The number of amides is 1. The molecule has 1 saturated heterocycles. The summed E-state index contributed by atoms with van der Waals surface area (Å²) in [5.41, 5.74) is 6.88. The van der Waals surface area contributed by atoms with E-state index in [1.807, 2.05) is 26.0 Å². The van der Waals surface area contributed by atoms with Crippen molar-refractivity contribution in [3.63, 3.8) is 0 Å². The highest BCUT2D eigenvalue weighted by Gasteiger charge is 2.44. The van der Waals surface area contributed by atoms with Crippen molar-refractivity contribution in [1.82, 2.24) is 0 Å². The number of hydrogen-bond donors (Lipinski definition) is 2. The summed E-state index contributed by atoms with van der Waals surface area (Å²) >= 11 is 6.02. The fourth-order valence-corrected chi connectivity index (χ4v) is 2.05. The van der Waals surface area contributed by atoms with Crippen LogP contribution in [0.15, 0.2) is 18.2 Å². The fourth-order valence-electron chi connectivity index (χ4n) is 1.87. The molecule has 1 amide bonds. The minimum absolute atomic E-state index is 0.132. The molecule has 2 unspecified atom stereocenters. The molecule has 0 spiro atoms. The molecule has 0 saturated carbocycles. The standard InChI is InChI=1S/C13H17ClN2O2/c1-8-3-4-9(5-10(8)14)16-12(17)13(2)7-18-6-11(13)15/h3-5,11H,6-7,15H2,1-2H3,(H,16,17). The molecule has 18 heavy (non-hydrogen) atoms. The average molecular weight is 269 g/mol. The number of hydrogen-bond acceptors (Lipinski definition) is 3. The van der Waals surface area contributed by atoms with Crippen LogP contribution >= 0.6 is 11.6 Å². The van der Waals surface area contributed by atoms with E-state index in [2.05, 4.69) is 5.32 Å². The molecule has 1 aromatic rings. The maximum atomic E-state index is 12.2. The van der Waals surface area contributed by atoms with Crippen molar-refractivity contribution in [2.45, 2.75) is 19.9 Å². The minimum Gasteiger partial charge on any atom is -0.379 e. The van der Waals surface area contributed by atoms with Crippen LogP contribution in [0.4, 0.5) is 5.69 Å². The minimum atomic E-state index is -0.683. The first-order chi connectivity index (χ1) is 8.43. The summed E-state index contributed by atoms with van der Waals surface area (Å²) in [4.78, 5) is 12.2. The van der Waals surface area contributed by atoms with Crippen LogP contribution in [0.5, 0.6) is 0 Å². The zero-order valence-electron chi connectivity index (χ0n) is 10.5. The van der Waals surface area contributed by atoms with Gasteiger partial charge in [0.15, 0.2) is 0 Å². The van der Waals surface area contributed by atoms with Crippen molar-refractivity contribution in [1.29, 1.82) is 0 Å². The topological polar surface area (TPSA) is 64.3 Å². The summed E-state index contributed by atoms with van der Waals surface area (Å²) < 4.78 is 5.26. The summed E-state index contributed by atoms with van der Waals surface area (Å²) in [5, 5.41) is 3.47. The molecule has 2 rings (SSSR count). The van der Waals surface area contributed by atoms with Gasteiger partial charge in [-0.2, -0.15) is 0 Å². The first-order valence-corrected chi connectivity index (χ1v) is 6.22. The van der Waals surface area contributed by atoms with Crippen molar-refractivity contribution >= 4 is 23.2 Å². The van der Waals surface area contributed by atoms with E-state index in [-0.39, 0.29) is 11.9 Å². The monoisotopic (exact) mass is 268 g/mol. The van der Waals surface area contributed by atoms with E-state index < -0.39 is 5.41 Å². The Labute approximate surface area is 111 Å². The molecule has 1 aliphatic rings. The van der Waals surface area contributed by atoms with Gasteiger partial charge in [0.25, 0.3) is 0 Å². The first-order valence-electron chi connectivity index (χ1n) is 5.84. The van der Waals surface area contributed by atoms with Gasteiger partial charge in [-0.15, -0.1) is 0 Å². The summed E-state index contributed by atoms with van der Waals surface area (Å²) in [6, 6.07) is 5.15. The van der Waals surface area contributed by atoms with E-state index in [1.54, 1.807) is 6.07 Å². The molecule has 2 atom stereocenters. The SMILES string of the molecule is Cc1ccc(NC(=O)C2(C)COCC2N)cc1Cl. The molecule has 1 heterocycles. The Bertz CT molecular complexity index is 478. The molecular formula is C13H17ClN2O2. The highest BCUT2D eigenvalue weighted by atomic mass is 35.5. The number of rotatable bonds is 2. The molecule has 1 fully saturated rings. The second kappa shape index (κ2) is 4.88. The van der Waals surface area contributed by atoms with E-state index in [4.69, 9.17) is 22.1 Å². The number of aryl methyl sites for hydroxylation is 1. The number of nitrogens with one attached hydrogen (secondary N) is 1. The second-order valence-electron chi connectivity index (χ2n) is 4.96. The van der Waals surface area contributed by atoms with Crippen LogP contribution in [-0.4, -0.2) is 25.2 Å². The third-order valence-electron chi connectivity index (χ3n) is 3.47. The summed E-state index contributed by atoms with van der Waals surface area (Å²) in [6.07, 6.45) is 0. The predicted octanol–water partition coefficient (Wildman–Crippen LogP) is 1.95. The number of carbonyl (C=O) groups is 1. The Hall–Kier alpha value is -1.10. The lowest BCUT2D eigenvalue weighted by Gasteiger charge is -2.25. The number of benzene rings is 1. The van der Waals surface area contributed by atoms with Crippen molar-refractivity contribution in [3.05, 3.63) is 28.8 Å². The van der Waals surface area contributed by atoms with E-state index in [9.17, 15) is 4.79 Å². The Morgan fingerprint density at radius 2 is 2.33 bits per heavy atom. The van der Waals surface area contributed by atoms with Crippen LogP contribution in [0.2, 0.25) is 5.02 Å². The lowest BCUT2D eigenvalue weighted by Crippen LogP contribution is -2.47. The molecule has 0 aliphatic carbocycles. The van der Waals surface area contributed by atoms with Gasteiger partial charge in [-0.05, 0) is 31.5 Å². The average Bonchev–Trinajstić information content (AvgIpc) is 2.66. The van der Waals surface area contributed by atoms with E-state index in [1.165, 1.54) is 0 Å². The zero-order chi connectivity index (χ0) is 13.3. The van der Waals surface area contributed by atoms with E-state index in [0.29, 0.717) is 23.9 Å². The van der Waals surface area contributed by atoms with Crippen LogP contribution < -0.4 is 11.1 Å². The number of anilines is 1. The molecule has 5 heteroatoms. The maximum Gasteiger partial charge on any atom is 0.234 e. The smallest absolute Gasteiger partial charge is 0.234 e. The van der Waals surface area contributed by atoms with Gasteiger partial charge in [-0.25, -0.2) is 0 Å². The third kappa shape index (κ3) is 2.36. The Morgan fingerprint density at radius 3 is 2.89 bits per heavy atom. The first kappa shape index (κ1) is 13.3. The van der Waals surface area contributed by atoms with Crippen molar-refractivity contribution in [3.8, 4) is 0 Å². The number of ether oxygens (including phenoxy) is 1. The van der Waals surface area contributed by atoms with Gasteiger partial charge in [0, 0.05) is 16.8 Å². The predicted molar refractivity (Wildman–Crippen MR) is 71.7 cm³/mol. The number of carbonyl (C=O) groups excluding carboxylic acids is 1. The molecule has 4 nitrogen and oxygen atoms in total. The molecule has 98 valence electrons. The molecule has 0 bridgehead atoms. The maximum absolute atomic E-state index is 12.2. The van der Waals surface area contributed by atoms with Crippen LogP contribution in [-0.2, 0) is 9.53 Å². The number of nitrogens with two attached hydrogens (primary N) is 1. The normalized spacial score (nSPS) is 27.2. The molecule has 0 aromatic heterocycles. The van der Waals surface area contributed by atoms with Gasteiger partial charge < -0.3 is 15.8 Å². The molecular weight excluding hydrogens is 252 g/mol. The van der Waals surface area contributed by atoms with Crippen LogP contribution in [0.25, 0.3) is 0 Å². The summed E-state index contributed by atoms with van der Waals surface area (Å²) in [7, 11) is 0. The highest BCUT2D eigenvalue weighted by molar-refractivity contribution is 6.31. The Kier molecular flexibility index (Phi) is 3.61. The van der Waals surface area contributed by atoms with Gasteiger partial charge in [0.1, 0.15) is 0 Å². The lowest BCUT2D eigenvalue weighted by molar-refractivity contribution is -0.125. The lowest BCUT2D eigenvalue weighted by atomic mass is 9.85. The summed E-state index contributed by atoms with van der Waals surface area (Å²) in [5.74, 6) is -0.132. The zero-order valence-corrected chi connectivity index (χ0v) is 11.3.